The number of aromatic amines is 2. The first-order valence-corrected chi connectivity index (χ1v) is 11.7. The Labute approximate surface area is 200 Å². The van der Waals surface area contributed by atoms with Crippen LogP contribution in [0.4, 0.5) is 23.3 Å². The number of amides is 1. The number of pyridine rings is 1. The van der Waals surface area contributed by atoms with E-state index in [-0.39, 0.29) is 29.8 Å². The highest BCUT2D eigenvalue weighted by Crippen LogP contribution is 2.43. The zero-order valence-electron chi connectivity index (χ0n) is 19.4. The maximum absolute atomic E-state index is 13.1. The highest BCUT2D eigenvalue weighted by atomic mass is 16.3. The van der Waals surface area contributed by atoms with E-state index in [0.717, 1.165) is 12.1 Å². The summed E-state index contributed by atoms with van der Waals surface area (Å²) in [4.78, 5) is 37.9. The number of anilines is 4. The van der Waals surface area contributed by atoms with Crippen LogP contribution < -0.4 is 21.1 Å². The summed E-state index contributed by atoms with van der Waals surface area (Å²) in [7, 11) is 0. The fourth-order valence-corrected chi connectivity index (χ4v) is 4.53. The number of carbonyl (C=O) groups is 1. The van der Waals surface area contributed by atoms with Gasteiger partial charge in [0.2, 0.25) is 17.4 Å². The third-order valence-electron chi connectivity index (χ3n) is 6.39. The standard InChI is InChI=1S/C23H28N8O4/c1-11(2)13-8-17(30-29-13)26-21-19-15(32)9-16(33)20(19)27-23(28-21)31-7-3-4-14(31)22(35)25-12-5-6-18(34)24-10-12/h5-6,8,10-11,14-16,32-33H,3-4,7,9H2,1-2H3,(H,24,34)(H,25,35)(H2,26,27,28,29,30). The number of nitrogens with one attached hydrogen (secondary N) is 4. The second-order valence-electron chi connectivity index (χ2n) is 9.21. The first-order chi connectivity index (χ1) is 16.8. The van der Waals surface area contributed by atoms with Crippen molar-refractivity contribution < 1.29 is 15.0 Å². The normalized spacial score (nSPS) is 21.4. The van der Waals surface area contributed by atoms with E-state index in [1.165, 1.54) is 18.3 Å². The second kappa shape index (κ2) is 9.12. The van der Waals surface area contributed by atoms with E-state index in [2.05, 4.69) is 35.8 Å². The van der Waals surface area contributed by atoms with Gasteiger partial charge in [-0.05, 0) is 24.8 Å². The Bertz CT molecular complexity index is 1280. The van der Waals surface area contributed by atoms with Crippen molar-refractivity contribution in [1.82, 2.24) is 25.1 Å². The predicted molar refractivity (Wildman–Crippen MR) is 129 cm³/mol. The van der Waals surface area contributed by atoms with Gasteiger partial charge in [0.15, 0.2) is 5.82 Å². The molecule has 12 nitrogen and oxygen atoms in total. The molecule has 3 aromatic heterocycles. The van der Waals surface area contributed by atoms with E-state index < -0.39 is 18.2 Å². The van der Waals surface area contributed by atoms with E-state index in [4.69, 9.17) is 0 Å². The Morgan fingerprint density at radius 1 is 1.23 bits per heavy atom. The molecular weight excluding hydrogens is 452 g/mol. The number of H-pyrrole nitrogens is 2. The predicted octanol–water partition coefficient (Wildman–Crippen LogP) is 1.83. The van der Waals surface area contributed by atoms with Crippen LogP contribution in [0, 0.1) is 0 Å². The molecule has 3 aromatic rings. The van der Waals surface area contributed by atoms with Crippen molar-refractivity contribution in [3.63, 3.8) is 0 Å². The SMILES string of the molecule is CC(C)c1cc(Nc2nc(N3CCCC3C(=O)Nc3ccc(=O)[nH]c3)nc3c2C(O)CC3O)n[nH]1. The molecule has 0 radical (unpaired) electrons. The second-order valence-corrected chi connectivity index (χ2v) is 9.21. The van der Waals surface area contributed by atoms with Crippen LogP contribution >= 0.6 is 0 Å². The summed E-state index contributed by atoms with van der Waals surface area (Å²) in [6, 6.07) is 4.22. The van der Waals surface area contributed by atoms with Crippen molar-refractivity contribution >= 4 is 29.2 Å². The summed E-state index contributed by atoms with van der Waals surface area (Å²) in [6.45, 7) is 4.65. The monoisotopic (exact) mass is 480 g/mol. The molecule has 1 saturated heterocycles. The first kappa shape index (κ1) is 23.0. The molecule has 4 heterocycles. The van der Waals surface area contributed by atoms with E-state index in [0.29, 0.717) is 41.5 Å². The van der Waals surface area contributed by atoms with Crippen molar-refractivity contribution in [2.75, 3.05) is 22.1 Å². The lowest BCUT2D eigenvalue weighted by atomic mass is 10.1. The highest BCUT2D eigenvalue weighted by molar-refractivity contribution is 5.96. The van der Waals surface area contributed by atoms with E-state index in [1.807, 2.05) is 19.9 Å². The molecule has 12 heteroatoms. The molecule has 0 aromatic carbocycles. The Morgan fingerprint density at radius 2 is 2.06 bits per heavy atom. The first-order valence-electron chi connectivity index (χ1n) is 11.7. The summed E-state index contributed by atoms with van der Waals surface area (Å²) in [5, 5.41) is 34.4. The molecule has 1 fully saturated rings. The van der Waals surface area contributed by atoms with Crippen LogP contribution in [-0.2, 0) is 4.79 Å². The van der Waals surface area contributed by atoms with Crippen LogP contribution in [-0.4, -0.2) is 53.9 Å². The maximum Gasteiger partial charge on any atom is 0.248 e. The number of carbonyl (C=O) groups excluding carboxylic acids is 1. The average Bonchev–Trinajstić information content (AvgIpc) is 3.55. The van der Waals surface area contributed by atoms with Gasteiger partial charge in [0, 0.05) is 42.6 Å². The number of aliphatic hydroxyl groups is 2. The van der Waals surface area contributed by atoms with Gasteiger partial charge >= 0.3 is 0 Å². The zero-order chi connectivity index (χ0) is 24.7. The van der Waals surface area contributed by atoms with Crippen LogP contribution in [0.25, 0.3) is 0 Å². The lowest BCUT2D eigenvalue weighted by Crippen LogP contribution is -2.41. The van der Waals surface area contributed by atoms with E-state index in [9.17, 15) is 19.8 Å². The lowest BCUT2D eigenvalue weighted by Gasteiger charge is -2.25. The van der Waals surface area contributed by atoms with Crippen LogP contribution in [0.5, 0.6) is 0 Å². The summed E-state index contributed by atoms with van der Waals surface area (Å²) in [5.41, 5.74) is 1.95. The molecule has 184 valence electrons. The fraction of sp³-hybridized carbons (Fsp3) is 0.435. The molecule has 35 heavy (non-hydrogen) atoms. The molecule has 1 aliphatic carbocycles. The van der Waals surface area contributed by atoms with Crippen molar-refractivity contribution in [3.8, 4) is 0 Å². The largest absolute Gasteiger partial charge is 0.388 e. The number of aliphatic hydroxyl groups excluding tert-OH is 2. The smallest absolute Gasteiger partial charge is 0.248 e. The molecule has 2 aliphatic rings. The van der Waals surface area contributed by atoms with Gasteiger partial charge in [-0.3, -0.25) is 14.7 Å². The third-order valence-corrected chi connectivity index (χ3v) is 6.39. The van der Waals surface area contributed by atoms with Crippen LogP contribution in [0.15, 0.2) is 29.2 Å². The molecule has 6 N–H and O–H groups in total. The van der Waals surface area contributed by atoms with Gasteiger partial charge < -0.3 is 30.7 Å². The summed E-state index contributed by atoms with van der Waals surface area (Å²) >= 11 is 0. The minimum Gasteiger partial charge on any atom is -0.388 e. The Balaban J connectivity index is 1.46. The minimum atomic E-state index is -0.941. The van der Waals surface area contributed by atoms with Gasteiger partial charge in [0.05, 0.1) is 23.6 Å². The molecule has 1 aliphatic heterocycles. The third kappa shape index (κ3) is 4.49. The fourth-order valence-electron chi connectivity index (χ4n) is 4.53. The van der Waals surface area contributed by atoms with Gasteiger partial charge in [-0.25, -0.2) is 4.98 Å². The molecule has 3 atom stereocenters. The number of rotatable bonds is 6. The molecule has 0 bridgehead atoms. The topological polar surface area (TPSA) is 172 Å². The molecule has 3 unspecified atom stereocenters. The van der Waals surface area contributed by atoms with Gasteiger partial charge in [0.1, 0.15) is 11.9 Å². The van der Waals surface area contributed by atoms with E-state index >= 15 is 0 Å². The number of fused-ring (bicyclic) bond motifs is 1. The molecule has 0 saturated carbocycles. The quantitative estimate of drug-likeness (QED) is 0.308. The zero-order valence-corrected chi connectivity index (χ0v) is 19.4. The Kier molecular flexibility index (Phi) is 5.99. The Hall–Kier alpha value is -3.77. The molecule has 5 rings (SSSR count). The summed E-state index contributed by atoms with van der Waals surface area (Å²) < 4.78 is 0. The maximum atomic E-state index is 13.1. The molecule has 0 spiro atoms. The number of nitrogens with zero attached hydrogens (tertiary/aromatic N) is 4. The summed E-state index contributed by atoms with van der Waals surface area (Å²) in [6.07, 6.45) is 1.06. The number of hydrogen-bond acceptors (Lipinski definition) is 9. The van der Waals surface area contributed by atoms with E-state index in [1.54, 1.807) is 4.90 Å². The van der Waals surface area contributed by atoms with Crippen molar-refractivity contribution in [1.29, 1.82) is 0 Å². The van der Waals surface area contributed by atoms with Gasteiger partial charge in [-0.2, -0.15) is 10.1 Å². The van der Waals surface area contributed by atoms with Gasteiger partial charge in [-0.15, -0.1) is 0 Å². The number of hydrogen-bond donors (Lipinski definition) is 6. The van der Waals surface area contributed by atoms with Gasteiger partial charge in [-0.1, -0.05) is 13.8 Å². The molecule has 1 amide bonds. The van der Waals surface area contributed by atoms with Gasteiger partial charge in [0.25, 0.3) is 0 Å². The van der Waals surface area contributed by atoms with Crippen molar-refractivity contribution in [3.05, 3.63) is 51.7 Å². The Morgan fingerprint density at radius 3 is 2.77 bits per heavy atom. The van der Waals surface area contributed by atoms with Crippen molar-refractivity contribution in [2.24, 2.45) is 0 Å². The average molecular weight is 481 g/mol. The van der Waals surface area contributed by atoms with Crippen molar-refractivity contribution in [2.45, 2.75) is 57.3 Å². The van der Waals surface area contributed by atoms with Crippen LogP contribution in [0.1, 0.15) is 68.2 Å². The van der Waals surface area contributed by atoms with Crippen LogP contribution in [0.3, 0.4) is 0 Å². The lowest BCUT2D eigenvalue weighted by molar-refractivity contribution is -0.117. The van der Waals surface area contributed by atoms with Crippen LogP contribution in [0.2, 0.25) is 0 Å². The number of aromatic nitrogens is 5. The molecular formula is C23H28N8O4. The minimum absolute atomic E-state index is 0.121. The highest BCUT2D eigenvalue weighted by Gasteiger charge is 2.38. The summed E-state index contributed by atoms with van der Waals surface area (Å²) in [5.74, 6) is 1.18.